The Morgan fingerprint density at radius 1 is 0.339 bits per heavy atom. The first-order valence-corrected chi connectivity index (χ1v) is 22.0. The molecule has 0 saturated carbocycles. The van der Waals surface area contributed by atoms with Crippen LogP contribution in [0.5, 0.6) is 0 Å². The Kier molecular flexibility index (Phi) is 19.4. The van der Waals surface area contributed by atoms with Crippen molar-refractivity contribution in [1.82, 2.24) is 0 Å². The molecule has 4 bridgehead atoms. The van der Waals surface area contributed by atoms with Gasteiger partial charge in [0, 0.05) is 181 Å². The monoisotopic (exact) mass is 873 g/mol. The maximum Gasteiger partial charge on any atom is 0.174 e. The molecule has 0 atom stereocenters. The third-order valence-corrected chi connectivity index (χ3v) is 12.0. The predicted molar refractivity (Wildman–Crippen MR) is 273 cm³/mol. The third-order valence-electron chi connectivity index (χ3n) is 12.0. The number of nitrogens with zero attached hydrogens (tertiary/aromatic N) is 12. The van der Waals surface area contributed by atoms with Crippen LogP contribution in [0.15, 0.2) is 0 Å². The summed E-state index contributed by atoms with van der Waals surface area (Å²) in [6.07, 6.45) is 3.21. The number of anilines is 12. The van der Waals surface area contributed by atoms with E-state index in [-0.39, 0.29) is 12.6 Å². The van der Waals surface area contributed by atoms with Gasteiger partial charge in [-0.15, -0.1) is 0 Å². The summed E-state index contributed by atoms with van der Waals surface area (Å²) in [6, 6.07) is 0. The second kappa shape index (κ2) is 23.0. The van der Waals surface area contributed by atoms with Crippen molar-refractivity contribution in [3.63, 3.8) is 0 Å². The molecule has 0 spiro atoms. The number of rotatable bonds is 16. The minimum Gasteiger partial charge on any atom is -0.374 e. The molecule has 62 heavy (non-hydrogen) atoms. The maximum absolute atomic E-state index is 5.76. The van der Waals surface area contributed by atoms with E-state index in [1.54, 1.807) is 28.4 Å². The fourth-order valence-corrected chi connectivity index (χ4v) is 9.02. The molecule has 16 heteroatoms. The van der Waals surface area contributed by atoms with Crippen LogP contribution in [0.3, 0.4) is 0 Å². The zero-order valence-corrected chi connectivity index (χ0v) is 43.2. The number of hydrogen-bond acceptors (Lipinski definition) is 16. The normalized spacial score (nSPS) is 14.3. The van der Waals surface area contributed by atoms with Crippen LogP contribution in [-0.4, -0.2) is 207 Å². The molecule has 1 aliphatic rings. The summed E-state index contributed by atoms with van der Waals surface area (Å²) in [5.41, 5.74) is 14.2. The van der Waals surface area contributed by atoms with E-state index in [1.807, 2.05) is 0 Å². The van der Waals surface area contributed by atoms with Gasteiger partial charge in [-0.05, 0) is 25.7 Å². The van der Waals surface area contributed by atoms with E-state index in [0.717, 1.165) is 63.2 Å². The Morgan fingerprint density at radius 2 is 0.532 bits per heavy atom. The van der Waals surface area contributed by atoms with Crippen LogP contribution < -0.4 is 58.8 Å². The van der Waals surface area contributed by atoms with Gasteiger partial charge in [0.1, 0.15) is 0 Å². The van der Waals surface area contributed by atoms with Crippen LogP contribution >= 0.6 is 0 Å². The highest BCUT2D eigenvalue weighted by Crippen LogP contribution is 2.58. The zero-order chi connectivity index (χ0) is 46.9. The molecular weight excluding hydrogens is 785 g/mol. The standard InChI is InChI=1S/C46H88N12O4/c1-47(2)35-41-37(49(5)6)45(57(17)31-33(59-19)60-20)38(50(7)8)42(35)54(14)28-24-26-30-56(16)44-36(48(3)4)43(55(15)29-25-23-27-53(41)13)39(51(9)10)46(40(44)52(11)12)58(18)32-34(61-21)62-22/h33-34H,23-32H2,1-22H3. The lowest BCUT2D eigenvalue weighted by atomic mass is 10.0. The first kappa shape index (κ1) is 52.2. The molecule has 0 N–H and O–H groups in total. The number of fused-ring (bicyclic) bond motifs is 4. The number of likely N-dealkylation sites (N-methyl/N-ethyl adjacent to an activating group) is 2. The summed E-state index contributed by atoms with van der Waals surface area (Å²) in [5, 5.41) is 0. The van der Waals surface area contributed by atoms with E-state index >= 15 is 0 Å². The molecule has 0 aromatic heterocycles. The van der Waals surface area contributed by atoms with Gasteiger partial charge in [0.25, 0.3) is 0 Å². The van der Waals surface area contributed by atoms with Gasteiger partial charge in [0.15, 0.2) is 12.6 Å². The molecule has 0 saturated heterocycles. The van der Waals surface area contributed by atoms with Gasteiger partial charge in [-0.2, -0.15) is 0 Å². The lowest BCUT2D eigenvalue weighted by Crippen LogP contribution is -2.37. The van der Waals surface area contributed by atoms with E-state index in [9.17, 15) is 0 Å². The molecule has 1 aliphatic heterocycles. The van der Waals surface area contributed by atoms with Crippen molar-refractivity contribution in [1.29, 1.82) is 0 Å². The van der Waals surface area contributed by atoms with Crippen molar-refractivity contribution < 1.29 is 18.9 Å². The van der Waals surface area contributed by atoms with Crippen molar-refractivity contribution >= 4 is 68.2 Å². The number of hydrogen-bond donors (Lipinski definition) is 0. The van der Waals surface area contributed by atoms with Gasteiger partial charge in [0.05, 0.1) is 81.3 Å². The Balaban J connectivity index is 2.42. The van der Waals surface area contributed by atoms with Gasteiger partial charge in [0.2, 0.25) is 0 Å². The van der Waals surface area contributed by atoms with Crippen LogP contribution in [0.4, 0.5) is 68.2 Å². The van der Waals surface area contributed by atoms with Crippen molar-refractivity contribution in [2.75, 3.05) is 253 Å². The number of benzene rings is 2. The summed E-state index contributed by atoms with van der Waals surface area (Å²) in [6.45, 7) is 4.63. The van der Waals surface area contributed by atoms with E-state index < -0.39 is 0 Å². The fourth-order valence-electron chi connectivity index (χ4n) is 9.02. The summed E-state index contributed by atoms with van der Waals surface area (Å²) in [4.78, 5) is 28.3. The van der Waals surface area contributed by atoms with Crippen LogP contribution in [-0.2, 0) is 18.9 Å². The van der Waals surface area contributed by atoms with E-state index in [1.165, 1.54) is 56.9 Å². The summed E-state index contributed by atoms with van der Waals surface area (Å²) < 4.78 is 23.1. The highest BCUT2D eigenvalue weighted by molar-refractivity contribution is 6.10. The third kappa shape index (κ3) is 11.3. The molecule has 3 rings (SSSR count). The molecule has 2 aromatic carbocycles. The topological polar surface area (TPSA) is 75.8 Å². The number of ether oxygens (including phenoxy) is 4. The SMILES string of the molecule is COC(CN(C)c1c(N(C)C)c2c(N(C)C)c(c1N(C)C)N(C)CCCCN(C)c1c(N(C)C)c(c(N(C)C)c(N(C)CC(OC)OC)c1N(C)C)N(C)CCCCN2C)OC. The highest BCUT2D eigenvalue weighted by atomic mass is 16.7. The molecule has 0 amide bonds. The minimum atomic E-state index is -0.383. The summed E-state index contributed by atoms with van der Waals surface area (Å²) in [7, 11) is 46.3. The van der Waals surface area contributed by atoms with Crippen LogP contribution in [0.25, 0.3) is 0 Å². The van der Waals surface area contributed by atoms with Crippen molar-refractivity contribution in [2.45, 2.75) is 38.3 Å². The summed E-state index contributed by atoms with van der Waals surface area (Å²) >= 11 is 0. The average molecular weight is 873 g/mol. The average Bonchev–Trinajstić information content (AvgIpc) is 3.21. The van der Waals surface area contributed by atoms with Crippen LogP contribution in [0.1, 0.15) is 25.7 Å². The van der Waals surface area contributed by atoms with E-state index in [0.29, 0.717) is 13.1 Å². The van der Waals surface area contributed by atoms with Crippen LogP contribution in [0.2, 0.25) is 0 Å². The molecular formula is C46H88N12O4. The van der Waals surface area contributed by atoms with E-state index in [4.69, 9.17) is 18.9 Å². The van der Waals surface area contributed by atoms with E-state index in [2.05, 4.69) is 186 Å². The molecule has 0 aliphatic carbocycles. The molecule has 2 aromatic rings. The van der Waals surface area contributed by atoms with Gasteiger partial charge in [-0.3, -0.25) is 0 Å². The summed E-state index contributed by atoms with van der Waals surface area (Å²) in [5.74, 6) is 0. The largest absolute Gasteiger partial charge is 0.374 e. The van der Waals surface area contributed by atoms with Crippen molar-refractivity contribution in [3.05, 3.63) is 0 Å². The van der Waals surface area contributed by atoms with Gasteiger partial charge in [-0.25, -0.2) is 0 Å². The molecule has 0 fully saturated rings. The molecule has 1 heterocycles. The van der Waals surface area contributed by atoms with Crippen molar-refractivity contribution in [3.8, 4) is 0 Å². The zero-order valence-electron chi connectivity index (χ0n) is 43.2. The molecule has 0 radical (unpaired) electrons. The Hall–Kier alpha value is -4.12. The smallest absolute Gasteiger partial charge is 0.174 e. The molecule has 16 nitrogen and oxygen atoms in total. The van der Waals surface area contributed by atoms with Crippen molar-refractivity contribution in [2.24, 2.45) is 0 Å². The fraction of sp³-hybridized carbons (Fsp3) is 0.739. The van der Waals surface area contributed by atoms with Crippen LogP contribution in [0, 0.1) is 0 Å². The van der Waals surface area contributed by atoms with Gasteiger partial charge < -0.3 is 77.7 Å². The molecule has 0 unspecified atom stereocenters. The second-order valence-electron chi connectivity index (χ2n) is 18.2. The Bertz CT molecular complexity index is 1500. The first-order valence-electron chi connectivity index (χ1n) is 22.0. The maximum atomic E-state index is 5.76. The lowest BCUT2D eigenvalue weighted by molar-refractivity contribution is -0.0945. The minimum absolute atomic E-state index is 0.383. The highest BCUT2D eigenvalue weighted by Gasteiger charge is 2.35. The molecule has 356 valence electrons. The predicted octanol–water partition coefficient (Wildman–Crippen LogP) is 5.21. The Labute approximate surface area is 377 Å². The number of methoxy groups -OCH3 is 4. The van der Waals surface area contributed by atoms with Gasteiger partial charge >= 0.3 is 0 Å². The van der Waals surface area contributed by atoms with Gasteiger partial charge in [-0.1, -0.05) is 0 Å². The second-order valence-corrected chi connectivity index (χ2v) is 18.2. The lowest BCUT2D eigenvalue weighted by Gasteiger charge is -2.42. The first-order chi connectivity index (χ1) is 29.1. The quantitative estimate of drug-likeness (QED) is 0.207. The Morgan fingerprint density at radius 3 is 0.694 bits per heavy atom.